The Bertz CT molecular complexity index is 1310. The maximum atomic E-state index is 12.8. The number of ether oxygens (including phenoxy) is 1. The van der Waals surface area contributed by atoms with Crippen molar-refractivity contribution < 1.29 is 14.3 Å². The Balaban J connectivity index is 1.47. The minimum Gasteiger partial charge on any atom is -0.497 e. The maximum Gasteiger partial charge on any atom is 0.246 e. The highest BCUT2D eigenvalue weighted by atomic mass is 32.2. The fourth-order valence-electron chi connectivity index (χ4n) is 3.20. The van der Waals surface area contributed by atoms with Crippen LogP contribution in [0.5, 0.6) is 5.75 Å². The van der Waals surface area contributed by atoms with Gasteiger partial charge >= 0.3 is 0 Å². The molecule has 0 aliphatic carbocycles. The number of para-hydroxylation sites is 1. The number of hydrogen-bond donors (Lipinski definition) is 2. The first-order valence-electron chi connectivity index (χ1n) is 10.8. The Morgan fingerprint density at radius 2 is 1.71 bits per heavy atom. The van der Waals surface area contributed by atoms with Gasteiger partial charge in [-0.3, -0.25) is 14.6 Å². The van der Waals surface area contributed by atoms with Crippen molar-refractivity contribution in [3.05, 3.63) is 78.6 Å². The highest BCUT2D eigenvalue weighted by Gasteiger charge is 2.17. The number of anilines is 2. The molecule has 2 N–H and O–H groups in total. The van der Waals surface area contributed by atoms with E-state index in [1.807, 2.05) is 31.2 Å². The fraction of sp³-hybridized carbons (Fsp3) is 0.160. The molecule has 2 heterocycles. The highest BCUT2D eigenvalue weighted by Crippen LogP contribution is 2.23. The molecule has 0 spiro atoms. The zero-order valence-corrected chi connectivity index (χ0v) is 20.1. The van der Waals surface area contributed by atoms with Crippen LogP contribution in [0.4, 0.5) is 11.4 Å². The Hall–Kier alpha value is -4.18. The summed E-state index contributed by atoms with van der Waals surface area (Å²) in [5, 5.41) is 10.7. The summed E-state index contributed by atoms with van der Waals surface area (Å²) in [6, 6.07) is 18.2. The summed E-state index contributed by atoms with van der Waals surface area (Å²) in [6.45, 7) is 1.88. The lowest BCUT2D eigenvalue weighted by Gasteiger charge is -2.09. The second-order valence-corrected chi connectivity index (χ2v) is 8.48. The minimum atomic E-state index is -0.241. The molecule has 0 aliphatic rings. The highest BCUT2D eigenvalue weighted by molar-refractivity contribution is 7.99. The average molecular weight is 489 g/mol. The van der Waals surface area contributed by atoms with E-state index < -0.39 is 0 Å². The van der Waals surface area contributed by atoms with Gasteiger partial charge in [-0.05, 0) is 55.0 Å². The van der Waals surface area contributed by atoms with Crippen LogP contribution >= 0.6 is 11.8 Å². The molecule has 9 nitrogen and oxygen atoms in total. The lowest BCUT2D eigenvalue weighted by molar-refractivity contribution is -0.117. The van der Waals surface area contributed by atoms with Gasteiger partial charge < -0.3 is 15.4 Å². The summed E-state index contributed by atoms with van der Waals surface area (Å²) in [7, 11) is 1.59. The fourth-order valence-corrected chi connectivity index (χ4v) is 3.94. The van der Waals surface area contributed by atoms with Gasteiger partial charge in [0.2, 0.25) is 11.8 Å². The number of aromatic nitrogens is 4. The maximum absolute atomic E-state index is 12.8. The number of pyridine rings is 1. The molecule has 0 saturated carbocycles. The third-order valence-corrected chi connectivity index (χ3v) is 5.96. The zero-order valence-electron chi connectivity index (χ0n) is 19.3. The molecule has 0 aliphatic heterocycles. The lowest BCUT2D eigenvalue weighted by Crippen LogP contribution is -2.21. The number of nitrogens with one attached hydrogen (secondary N) is 2. The van der Waals surface area contributed by atoms with E-state index >= 15 is 0 Å². The molecular weight excluding hydrogens is 464 g/mol. The first-order valence-corrected chi connectivity index (χ1v) is 11.8. The van der Waals surface area contributed by atoms with E-state index in [0.717, 1.165) is 16.8 Å². The van der Waals surface area contributed by atoms with Crippen molar-refractivity contribution in [1.82, 2.24) is 19.7 Å². The van der Waals surface area contributed by atoms with Crippen LogP contribution in [0.2, 0.25) is 0 Å². The van der Waals surface area contributed by atoms with E-state index in [-0.39, 0.29) is 24.1 Å². The predicted octanol–water partition coefficient (Wildman–Crippen LogP) is 4.03. The van der Waals surface area contributed by atoms with Crippen molar-refractivity contribution in [2.24, 2.45) is 0 Å². The van der Waals surface area contributed by atoms with E-state index in [9.17, 15) is 9.59 Å². The largest absolute Gasteiger partial charge is 0.497 e. The number of methoxy groups -OCH3 is 1. The molecule has 0 atom stereocenters. The van der Waals surface area contributed by atoms with Crippen LogP contribution in [-0.4, -0.2) is 44.4 Å². The molecule has 35 heavy (non-hydrogen) atoms. The minimum absolute atomic E-state index is 0.0468. The Morgan fingerprint density at radius 3 is 2.43 bits per heavy atom. The molecular formula is C25H24N6O3S. The number of benzene rings is 2. The van der Waals surface area contributed by atoms with Gasteiger partial charge in [-0.1, -0.05) is 30.0 Å². The van der Waals surface area contributed by atoms with Crippen LogP contribution in [-0.2, 0) is 16.1 Å². The molecule has 0 unspecified atom stereocenters. The molecule has 0 bridgehead atoms. The number of thioether (sulfide) groups is 1. The van der Waals surface area contributed by atoms with Crippen molar-refractivity contribution in [2.75, 3.05) is 23.5 Å². The molecule has 2 aromatic carbocycles. The normalized spacial score (nSPS) is 10.6. The summed E-state index contributed by atoms with van der Waals surface area (Å²) < 4.78 is 6.64. The van der Waals surface area contributed by atoms with E-state index in [1.54, 1.807) is 55.9 Å². The number of nitrogens with zero attached hydrogens (tertiary/aromatic N) is 4. The van der Waals surface area contributed by atoms with Crippen LogP contribution in [0.25, 0.3) is 11.4 Å². The predicted molar refractivity (Wildman–Crippen MR) is 135 cm³/mol. The molecule has 4 aromatic rings. The quantitative estimate of drug-likeness (QED) is 0.342. The van der Waals surface area contributed by atoms with E-state index in [1.165, 1.54) is 16.4 Å². The molecule has 2 aromatic heterocycles. The van der Waals surface area contributed by atoms with Crippen molar-refractivity contribution >= 4 is 35.0 Å². The third-order valence-electron chi connectivity index (χ3n) is 4.99. The van der Waals surface area contributed by atoms with Crippen molar-refractivity contribution in [1.29, 1.82) is 0 Å². The van der Waals surface area contributed by atoms with Gasteiger partial charge in [-0.2, -0.15) is 0 Å². The second-order valence-electron chi connectivity index (χ2n) is 7.54. The standard InChI is InChI=1S/C25H24N6O3S/c1-17-5-3-4-6-21(17)28-22(32)15-31-25(29-24(30-31)18-11-13-26-14-12-18)35-16-23(33)27-19-7-9-20(34-2)10-8-19/h3-14H,15-16H2,1-2H3,(H,27,33)(H,28,32). The van der Waals surface area contributed by atoms with E-state index in [0.29, 0.717) is 22.4 Å². The topological polar surface area (TPSA) is 111 Å². The van der Waals surface area contributed by atoms with Gasteiger partial charge in [0.1, 0.15) is 12.3 Å². The second kappa shape index (κ2) is 11.3. The van der Waals surface area contributed by atoms with Crippen LogP contribution in [0.3, 0.4) is 0 Å². The van der Waals surface area contributed by atoms with Crippen molar-refractivity contribution in [2.45, 2.75) is 18.6 Å². The number of rotatable bonds is 9. The summed E-state index contributed by atoms with van der Waals surface area (Å²) in [5.74, 6) is 0.812. The molecule has 4 rings (SSSR count). The number of amides is 2. The molecule has 178 valence electrons. The molecule has 0 radical (unpaired) electrons. The van der Waals surface area contributed by atoms with Gasteiger partial charge in [-0.15, -0.1) is 5.10 Å². The van der Waals surface area contributed by atoms with Crippen LogP contribution in [0.15, 0.2) is 78.2 Å². The Kier molecular flexibility index (Phi) is 7.74. The summed E-state index contributed by atoms with van der Waals surface area (Å²) in [5.41, 5.74) is 3.12. The van der Waals surface area contributed by atoms with E-state index in [4.69, 9.17) is 4.74 Å². The summed E-state index contributed by atoms with van der Waals surface area (Å²) in [6.07, 6.45) is 3.30. The number of aryl methyl sites for hydroxylation is 1. The van der Waals surface area contributed by atoms with Crippen LogP contribution in [0, 0.1) is 6.92 Å². The SMILES string of the molecule is COc1ccc(NC(=O)CSc2nc(-c3ccncc3)nn2CC(=O)Nc2ccccc2C)cc1. The third kappa shape index (κ3) is 6.45. The molecule has 0 fully saturated rings. The Labute approximate surface area is 206 Å². The van der Waals surface area contributed by atoms with Gasteiger partial charge in [0.15, 0.2) is 11.0 Å². The van der Waals surface area contributed by atoms with Gasteiger partial charge in [0.25, 0.3) is 0 Å². The average Bonchev–Trinajstić information content (AvgIpc) is 3.27. The monoisotopic (exact) mass is 488 g/mol. The first-order chi connectivity index (χ1) is 17.0. The molecule has 2 amide bonds. The van der Waals surface area contributed by atoms with Crippen molar-refractivity contribution in [3.63, 3.8) is 0 Å². The summed E-state index contributed by atoms with van der Waals surface area (Å²) in [4.78, 5) is 33.9. The smallest absolute Gasteiger partial charge is 0.246 e. The number of carbonyl (C=O) groups is 2. The lowest BCUT2D eigenvalue weighted by atomic mass is 10.2. The zero-order chi connectivity index (χ0) is 24.6. The Morgan fingerprint density at radius 1 is 0.971 bits per heavy atom. The van der Waals surface area contributed by atoms with Gasteiger partial charge in [0.05, 0.1) is 12.9 Å². The van der Waals surface area contributed by atoms with E-state index in [2.05, 4.69) is 25.7 Å². The first kappa shape index (κ1) is 24.0. The van der Waals surface area contributed by atoms with Crippen molar-refractivity contribution in [3.8, 4) is 17.1 Å². The molecule has 0 saturated heterocycles. The van der Waals surface area contributed by atoms with Gasteiger partial charge in [0, 0.05) is 29.3 Å². The number of carbonyl (C=O) groups excluding carboxylic acids is 2. The van der Waals surface area contributed by atoms with Gasteiger partial charge in [-0.25, -0.2) is 9.67 Å². The molecule has 10 heteroatoms. The van der Waals surface area contributed by atoms with Crippen LogP contribution in [0.1, 0.15) is 5.56 Å². The number of hydrogen-bond acceptors (Lipinski definition) is 7. The van der Waals surface area contributed by atoms with Crippen LogP contribution < -0.4 is 15.4 Å². The summed E-state index contributed by atoms with van der Waals surface area (Å²) >= 11 is 1.21.